The molecule has 0 saturated heterocycles. The molecule has 0 aromatic heterocycles. The van der Waals surface area contributed by atoms with E-state index < -0.39 is 0 Å². The Balaban J connectivity index is 1.43. The minimum Gasteiger partial charge on any atom is -0.310 e. The summed E-state index contributed by atoms with van der Waals surface area (Å²) in [7, 11) is 0. The van der Waals surface area contributed by atoms with Crippen LogP contribution in [-0.2, 0) is 10.8 Å². The molecule has 0 aliphatic heterocycles. The quantitative estimate of drug-likeness (QED) is 0.236. The molecule has 0 saturated carbocycles. The van der Waals surface area contributed by atoms with E-state index in [1.807, 2.05) is 0 Å². The van der Waals surface area contributed by atoms with Crippen LogP contribution in [0.3, 0.4) is 0 Å². The summed E-state index contributed by atoms with van der Waals surface area (Å²) in [4.78, 5) is 2.45. The number of rotatable bonds is 3. The van der Waals surface area contributed by atoms with E-state index in [2.05, 4.69) is 150 Å². The van der Waals surface area contributed by atoms with Gasteiger partial charge < -0.3 is 4.90 Å². The molecule has 0 heterocycles. The molecule has 0 bridgehead atoms. The van der Waals surface area contributed by atoms with Crippen molar-refractivity contribution in [1.82, 2.24) is 0 Å². The smallest absolute Gasteiger partial charge is 0.0465 e. The maximum Gasteiger partial charge on any atom is 0.0465 e. The molecule has 0 spiro atoms. The van der Waals surface area contributed by atoms with Crippen LogP contribution < -0.4 is 4.90 Å². The SMILES string of the molecule is Cc1ccc(N(c2ccc3c(c2)C(C)(C)c2ccccc2-3)c2ccc3c(c2)C(C)(C)c2ccccc2-3)cc1C. The number of aryl methyl sites for hydroxylation is 2. The Kier molecular flexibility index (Phi) is 5.04. The van der Waals surface area contributed by atoms with Crippen molar-refractivity contribution < 1.29 is 0 Å². The highest BCUT2D eigenvalue weighted by Gasteiger charge is 2.37. The van der Waals surface area contributed by atoms with Crippen LogP contribution in [0.5, 0.6) is 0 Å². The average molecular weight is 506 g/mol. The molecule has 2 aliphatic carbocycles. The highest BCUT2D eigenvalue weighted by molar-refractivity contribution is 5.88. The molecule has 0 amide bonds. The molecule has 2 aliphatic rings. The van der Waals surface area contributed by atoms with Crippen LogP contribution in [0, 0.1) is 13.8 Å². The van der Waals surface area contributed by atoms with Crippen LogP contribution in [0.25, 0.3) is 22.3 Å². The van der Waals surface area contributed by atoms with Crippen LogP contribution >= 0.6 is 0 Å². The fourth-order valence-electron chi connectivity index (χ4n) is 6.97. The Hall–Kier alpha value is -4.10. The molecule has 1 nitrogen and oxygen atoms in total. The second-order valence-corrected chi connectivity index (χ2v) is 12.4. The van der Waals surface area contributed by atoms with Crippen molar-refractivity contribution in [2.45, 2.75) is 52.4 Å². The maximum atomic E-state index is 2.45. The van der Waals surface area contributed by atoms with Gasteiger partial charge in [0.1, 0.15) is 0 Å². The Bertz CT molecular complexity index is 1680. The van der Waals surface area contributed by atoms with Gasteiger partial charge in [0.15, 0.2) is 0 Å². The van der Waals surface area contributed by atoms with E-state index >= 15 is 0 Å². The van der Waals surface area contributed by atoms with Crippen LogP contribution in [0.4, 0.5) is 17.1 Å². The van der Waals surface area contributed by atoms with Gasteiger partial charge in [-0.05, 0) is 106 Å². The zero-order chi connectivity index (χ0) is 27.1. The third kappa shape index (κ3) is 3.39. The van der Waals surface area contributed by atoms with Crippen molar-refractivity contribution in [3.05, 3.63) is 137 Å². The Morgan fingerprint density at radius 1 is 0.410 bits per heavy atom. The summed E-state index contributed by atoms with van der Waals surface area (Å²) in [5.41, 5.74) is 17.2. The lowest BCUT2D eigenvalue weighted by Gasteiger charge is -2.30. The molecular formula is C38H35N. The van der Waals surface area contributed by atoms with Crippen LogP contribution in [-0.4, -0.2) is 0 Å². The van der Waals surface area contributed by atoms with Gasteiger partial charge in [-0.3, -0.25) is 0 Å². The first-order valence-electron chi connectivity index (χ1n) is 14.0. The fourth-order valence-corrected chi connectivity index (χ4v) is 6.97. The van der Waals surface area contributed by atoms with E-state index in [0.29, 0.717) is 0 Å². The number of anilines is 3. The van der Waals surface area contributed by atoms with Crippen molar-refractivity contribution in [2.75, 3.05) is 4.90 Å². The first-order valence-corrected chi connectivity index (χ1v) is 14.0. The predicted octanol–water partition coefficient (Wildman–Crippen LogP) is 10.4. The predicted molar refractivity (Wildman–Crippen MR) is 166 cm³/mol. The highest BCUT2D eigenvalue weighted by atomic mass is 15.1. The lowest BCUT2D eigenvalue weighted by atomic mass is 9.82. The molecule has 0 atom stereocenters. The third-order valence-electron chi connectivity index (χ3n) is 9.40. The number of nitrogens with zero attached hydrogens (tertiary/aromatic N) is 1. The lowest BCUT2D eigenvalue weighted by Crippen LogP contribution is -2.18. The second kappa shape index (κ2) is 8.20. The summed E-state index contributed by atoms with van der Waals surface area (Å²) in [6.07, 6.45) is 0. The Morgan fingerprint density at radius 3 is 1.31 bits per heavy atom. The van der Waals surface area contributed by atoms with Crippen LogP contribution in [0.1, 0.15) is 61.1 Å². The first-order chi connectivity index (χ1) is 18.7. The van der Waals surface area contributed by atoms with E-state index in [1.165, 1.54) is 72.7 Å². The number of benzene rings is 5. The van der Waals surface area contributed by atoms with Crippen molar-refractivity contribution in [3.8, 4) is 22.3 Å². The Morgan fingerprint density at radius 2 is 0.821 bits per heavy atom. The summed E-state index contributed by atoms with van der Waals surface area (Å²) < 4.78 is 0. The highest BCUT2D eigenvalue weighted by Crippen LogP contribution is 2.53. The molecular weight excluding hydrogens is 470 g/mol. The zero-order valence-electron chi connectivity index (χ0n) is 23.8. The summed E-state index contributed by atoms with van der Waals surface area (Å²) in [5.74, 6) is 0. The normalized spacial score (nSPS) is 15.3. The van der Waals surface area contributed by atoms with Crippen molar-refractivity contribution in [3.63, 3.8) is 0 Å². The summed E-state index contributed by atoms with van der Waals surface area (Å²) in [6, 6.07) is 38.7. The van der Waals surface area contributed by atoms with Crippen LogP contribution in [0.15, 0.2) is 103 Å². The van der Waals surface area contributed by atoms with Gasteiger partial charge in [-0.2, -0.15) is 0 Å². The molecule has 1 heteroatoms. The minimum absolute atomic E-state index is 0.0433. The molecule has 0 fully saturated rings. The van der Waals surface area contributed by atoms with E-state index in [4.69, 9.17) is 0 Å². The van der Waals surface area contributed by atoms with Gasteiger partial charge in [0, 0.05) is 27.9 Å². The van der Waals surface area contributed by atoms with E-state index in [-0.39, 0.29) is 10.8 Å². The topological polar surface area (TPSA) is 3.24 Å². The molecule has 7 rings (SSSR count). The van der Waals surface area contributed by atoms with E-state index in [0.717, 1.165) is 0 Å². The van der Waals surface area contributed by atoms with Gasteiger partial charge in [-0.25, -0.2) is 0 Å². The number of hydrogen-bond acceptors (Lipinski definition) is 1. The molecule has 0 unspecified atom stereocenters. The average Bonchev–Trinajstić information content (AvgIpc) is 3.31. The fraction of sp³-hybridized carbons (Fsp3) is 0.211. The van der Waals surface area contributed by atoms with Crippen molar-refractivity contribution in [2.24, 2.45) is 0 Å². The van der Waals surface area contributed by atoms with Crippen LogP contribution in [0.2, 0.25) is 0 Å². The van der Waals surface area contributed by atoms with E-state index in [1.54, 1.807) is 0 Å². The maximum absolute atomic E-state index is 2.45. The number of fused-ring (bicyclic) bond motifs is 6. The monoisotopic (exact) mass is 505 g/mol. The molecule has 192 valence electrons. The van der Waals surface area contributed by atoms with Gasteiger partial charge >= 0.3 is 0 Å². The van der Waals surface area contributed by atoms with Gasteiger partial charge in [0.05, 0.1) is 0 Å². The molecule has 0 N–H and O–H groups in total. The van der Waals surface area contributed by atoms with E-state index in [9.17, 15) is 0 Å². The van der Waals surface area contributed by atoms with Crippen molar-refractivity contribution in [1.29, 1.82) is 0 Å². The van der Waals surface area contributed by atoms with Gasteiger partial charge in [-0.1, -0.05) is 94.4 Å². The zero-order valence-corrected chi connectivity index (χ0v) is 23.8. The molecule has 39 heavy (non-hydrogen) atoms. The summed E-state index contributed by atoms with van der Waals surface area (Å²) in [5, 5.41) is 0. The minimum atomic E-state index is -0.0433. The van der Waals surface area contributed by atoms with Gasteiger partial charge in [0.25, 0.3) is 0 Å². The van der Waals surface area contributed by atoms with Gasteiger partial charge in [-0.15, -0.1) is 0 Å². The van der Waals surface area contributed by atoms with Crippen molar-refractivity contribution >= 4 is 17.1 Å². The standard InChI is InChI=1S/C38H35N/c1-24-15-16-26(21-25(24)2)39(27-17-19-31-29-11-7-9-13-33(29)37(3,4)35(31)22-27)28-18-20-32-30-12-8-10-14-34(30)38(5,6)36(32)23-28/h7-23H,1-6H3. The first kappa shape index (κ1) is 24.0. The second-order valence-electron chi connectivity index (χ2n) is 12.4. The van der Waals surface area contributed by atoms with Gasteiger partial charge in [0.2, 0.25) is 0 Å². The third-order valence-corrected chi connectivity index (χ3v) is 9.40. The summed E-state index contributed by atoms with van der Waals surface area (Å²) >= 11 is 0. The molecule has 0 radical (unpaired) electrons. The lowest BCUT2D eigenvalue weighted by molar-refractivity contribution is 0.660. The molecule has 5 aromatic rings. The summed E-state index contributed by atoms with van der Waals surface area (Å²) in [6.45, 7) is 13.8. The molecule has 5 aromatic carbocycles. The Labute approximate surface area is 232 Å². The number of hydrogen-bond donors (Lipinski definition) is 0. The largest absolute Gasteiger partial charge is 0.310 e.